The summed E-state index contributed by atoms with van der Waals surface area (Å²) in [7, 11) is 0. The van der Waals surface area contributed by atoms with Gasteiger partial charge in [-0.05, 0) is 79.4 Å². The van der Waals surface area contributed by atoms with Crippen LogP contribution in [-0.4, -0.2) is 35.4 Å². The lowest BCUT2D eigenvalue weighted by Crippen LogP contribution is -2.45. The molecule has 0 saturated carbocycles. The van der Waals surface area contributed by atoms with Gasteiger partial charge in [0.2, 0.25) is 0 Å². The molecule has 1 spiro atoms. The molecule has 0 unspecified atom stereocenters. The van der Waals surface area contributed by atoms with Crippen molar-refractivity contribution >= 4 is 40.9 Å². The number of carbonyl (C=O) groups excluding carboxylic acids is 1. The summed E-state index contributed by atoms with van der Waals surface area (Å²) >= 11 is 12.0. The van der Waals surface area contributed by atoms with E-state index >= 15 is 0 Å². The first-order chi connectivity index (χ1) is 16.3. The van der Waals surface area contributed by atoms with Crippen molar-refractivity contribution in [2.75, 3.05) is 24.5 Å². The van der Waals surface area contributed by atoms with Gasteiger partial charge in [-0.3, -0.25) is 4.79 Å². The standard InChI is InChI=1S/C27H24Cl2FN3O/c1-18(14-19-2-4-21(28)5-3-19)32-12-9-27(10-13-32)17-33(24-7-6-22(30)16-23(24)27)26(34)20-8-11-31-25(29)15-20/h2-8,11,14-16H,9-10,12-13,17H2,1H3/b18-14+. The maximum atomic E-state index is 14.3. The molecule has 5 rings (SSSR count). The quantitative estimate of drug-likeness (QED) is 0.385. The molecule has 7 heteroatoms. The monoisotopic (exact) mass is 495 g/mol. The average Bonchev–Trinajstić information content (AvgIpc) is 3.13. The van der Waals surface area contributed by atoms with Crippen LogP contribution in [0.25, 0.3) is 6.08 Å². The van der Waals surface area contributed by atoms with Crippen molar-refractivity contribution in [3.05, 3.63) is 99.2 Å². The highest BCUT2D eigenvalue weighted by Crippen LogP contribution is 2.48. The summed E-state index contributed by atoms with van der Waals surface area (Å²) in [6.45, 7) is 4.29. The fourth-order valence-electron chi connectivity index (χ4n) is 5.12. The van der Waals surface area contributed by atoms with Gasteiger partial charge < -0.3 is 9.80 Å². The summed E-state index contributed by atoms with van der Waals surface area (Å²) in [4.78, 5) is 21.5. The van der Waals surface area contributed by atoms with Crippen molar-refractivity contribution in [3.63, 3.8) is 0 Å². The molecule has 1 amide bonds. The predicted octanol–water partition coefficient (Wildman–Crippen LogP) is 6.58. The number of pyridine rings is 1. The third-order valence-corrected chi connectivity index (χ3v) is 7.42. The number of carbonyl (C=O) groups is 1. The molecule has 174 valence electrons. The number of nitrogens with zero attached hydrogens (tertiary/aromatic N) is 3. The van der Waals surface area contributed by atoms with Crippen LogP contribution < -0.4 is 4.90 Å². The second kappa shape index (κ2) is 9.05. The molecule has 1 aromatic heterocycles. The lowest BCUT2D eigenvalue weighted by atomic mass is 9.74. The SMILES string of the molecule is C/C(=C\c1ccc(Cl)cc1)N1CCC2(CC1)CN(C(=O)c1ccnc(Cl)c1)c1ccc(F)cc12. The minimum absolute atomic E-state index is 0.143. The summed E-state index contributed by atoms with van der Waals surface area (Å²) in [6, 6.07) is 15.8. The zero-order valence-corrected chi connectivity index (χ0v) is 20.3. The van der Waals surface area contributed by atoms with E-state index in [-0.39, 0.29) is 22.3 Å². The number of aromatic nitrogens is 1. The van der Waals surface area contributed by atoms with Gasteiger partial charge in [0.1, 0.15) is 11.0 Å². The molecule has 34 heavy (non-hydrogen) atoms. The molecular formula is C27H24Cl2FN3O. The molecular weight excluding hydrogens is 472 g/mol. The Morgan fingerprint density at radius 1 is 1.06 bits per heavy atom. The summed E-state index contributed by atoms with van der Waals surface area (Å²) in [5, 5.41) is 0.991. The number of allylic oxidation sites excluding steroid dienone is 1. The van der Waals surface area contributed by atoms with E-state index in [9.17, 15) is 9.18 Å². The maximum Gasteiger partial charge on any atom is 0.258 e. The third-order valence-electron chi connectivity index (χ3n) is 6.97. The average molecular weight is 496 g/mol. The van der Waals surface area contributed by atoms with Gasteiger partial charge in [-0.1, -0.05) is 35.3 Å². The Labute approximate surface area is 208 Å². The summed E-state index contributed by atoms with van der Waals surface area (Å²) in [5.74, 6) is -0.420. The number of hydrogen-bond acceptors (Lipinski definition) is 3. The zero-order valence-electron chi connectivity index (χ0n) is 18.8. The molecule has 3 aromatic rings. The van der Waals surface area contributed by atoms with Gasteiger partial charge in [0, 0.05) is 53.2 Å². The second-order valence-corrected chi connectivity index (χ2v) is 9.85. The second-order valence-electron chi connectivity index (χ2n) is 9.02. The third kappa shape index (κ3) is 4.30. The summed E-state index contributed by atoms with van der Waals surface area (Å²) in [6.07, 6.45) is 5.34. The molecule has 0 radical (unpaired) electrons. The largest absolute Gasteiger partial charge is 0.375 e. The van der Waals surface area contributed by atoms with Crippen LogP contribution >= 0.6 is 23.2 Å². The van der Waals surface area contributed by atoms with Crippen LogP contribution in [0.3, 0.4) is 0 Å². The first kappa shape index (κ1) is 22.9. The van der Waals surface area contributed by atoms with Crippen LogP contribution in [0.15, 0.2) is 66.5 Å². The number of amides is 1. The van der Waals surface area contributed by atoms with Crippen molar-refractivity contribution in [3.8, 4) is 0 Å². The summed E-state index contributed by atoms with van der Waals surface area (Å²) in [5.41, 5.74) is 4.17. The van der Waals surface area contributed by atoms with E-state index in [1.165, 1.54) is 18.0 Å². The Kier molecular flexibility index (Phi) is 6.09. The number of hydrogen-bond donors (Lipinski definition) is 0. The lowest BCUT2D eigenvalue weighted by Gasteiger charge is -2.41. The van der Waals surface area contributed by atoms with Gasteiger partial charge in [-0.2, -0.15) is 0 Å². The van der Waals surface area contributed by atoms with Gasteiger partial charge in [0.05, 0.1) is 0 Å². The predicted molar refractivity (Wildman–Crippen MR) is 135 cm³/mol. The molecule has 3 heterocycles. The molecule has 4 nitrogen and oxygen atoms in total. The highest BCUT2D eigenvalue weighted by Gasteiger charge is 2.46. The highest BCUT2D eigenvalue weighted by molar-refractivity contribution is 6.30. The Balaban J connectivity index is 1.39. The van der Waals surface area contributed by atoms with E-state index in [1.807, 2.05) is 24.3 Å². The number of fused-ring (bicyclic) bond motifs is 2. The van der Waals surface area contributed by atoms with E-state index in [2.05, 4.69) is 22.9 Å². The first-order valence-corrected chi connectivity index (χ1v) is 12.0. The van der Waals surface area contributed by atoms with E-state index in [0.717, 1.165) is 47.8 Å². The fraction of sp³-hybridized carbons (Fsp3) is 0.259. The number of rotatable bonds is 3. The molecule has 0 atom stereocenters. The minimum atomic E-state index is -0.277. The molecule has 1 fully saturated rings. The molecule has 2 aliphatic rings. The van der Waals surface area contributed by atoms with E-state index in [0.29, 0.717) is 12.1 Å². The van der Waals surface area contributed by atoms with Crippen LogP contribution in [0, 0.1) is 5.82 Å². The molecule has 0 bridgehead atoms. The van der Waals surface area contributed by atoms with Crippen LogP contribution in [0.5, 0.6) is 0 Å². The molecule has 2 aromatic carbocycles. The van der Waals surface area contributed by atoms with Gasteiger partial charge in [-0.25, -0.2) is 9.37 Å². The van der Waals surface area contributed by atoms with Crippen LogP contribution in [-0.2, 0) is 5.41 Å². The van der Waals surface area contributed by atoms with Crippen LogP contribution in [0.1, 0.15) is 41.3 Å². The van der Waals surface area contributed by atoms with E-state index in [4.69, 9.17) is 23.2 Å². The Hall–Kier alpha value is -2.89. The number of piperidine rings is 1. The number of benzene rings is 2. The van der Waals surface area contributed by atoms with Crippen LogP contribution in [0.2, 0.25) is 10.2 Å². The van der Waals surface area contributed by atoms with E-state index in [1.54, 1.807) is 29.2 Å². The molecule has 1 saturated heterocycles. The Bertz CT molecular complexity index is 1270. The fourth-order valence-corrected chi connectivity index (χ4v) is 5.42. The summed E-state index contributed by atoms with van der Waals surface area (Å²) < 4.78 is 14.3. The maximum absolute atomic E-state index is 14.3. The molecule has 2 aliphatic heterocycles. The number of likely N-dealkylation sites (tertiary alicyclic amines) is 1. The lowest BCUT2D eigenvalue weighted by molar-refractivity contribution is 0.0979. The van der Waals surface area contributed by atoms with Crippen molar-refractivity contribution in [2.24, 2.45) is 0 Å². The Morgan fingerprint density at radius 3 is 2.50 bits per heavy atom. The van der Waals surface area contributed by atoms with Crippen molar-refractivity contribution < 1.29 is 9.18 Å². The molecule has 0 N–H and O–H groups in total. The Morgan fingerprint density at radius 2 is 1.79 bits per heavy atom. The normalized spacial score (nSPS) is 17.2. The van der Waals surface area contributed by atoms with Gasteiger partial charge in [0.25, 0.3) is 5.91 Å². The zero-order chi connectivity index (χ0) is 23.9. The topological polar surface area (TPSA) is 36.4 Å². The smallest absolute Gasteiger partial charge is 0.258 e. The van der Waals surface area contributed by atoms with Gasteiger partial charge >= 0.3 is 0 Å². The highest BCUT2D eigenvalue weighted by atomic mass is 35.5. The molecule has 0 aliphatic carbocycles. The van der Waals surface area contributed by atoms with Gasteiger partial charge in [0.15, 0.2) is 0 Å². The van der Waals surface area contributed by atoms with Crippen molar-refractivity contribution in [2.45, 2.75) is 25.2 Å². The van der Waals surface area contributed by atoms with Crippen LogP contribution in [0.4, 0.5) is 10.1 Å². The first-order valence-electron chi connectivity index (χ1n) is 11.3. The van der Waals surface area contributed by atoms with Crippen molar-refractivity contribution in [1.82, 2.24) is 9.88 Å². The number of halogens is 3. The van der Waals surface area contributed by atoms with E-state index < -0.39 is 0 Å². The van der Waals surface area contributed by atoms with Crippen molar-refractivity contribution in [1.29, 1.82) is 0 Å². The van der Waals surface area contributed by atoms with Gasteiger partial charge in [-0.15, -0.1) is 0 Å². The minimum Gasteiger partial charge on any atom is -0.375 e. The number of anilines is 1.